The second-order valence-corrected chi connectivity index (χ2v) is 6.65. The van der Waals surface area contributed by atoms with Crippen LogP contribution in [0.4, 0.5) is 4.39 Å². The Bertz CT molecular complexity index is 534. The third kappa shape index (κ3) is 3.29. The van der Waals surface area contributed by atoms with Crippen LogP contribution >= 0.6 is 11.6 Å². The molecule has 2 nitrogen and oxygen atoms in total. The van der Waals surface area contributed by atoms with E-state index in [0.717, 1.165) is 50.8 Å². The highest BCUT2D eigenvalue weighted by Gasteiger charge is 2.36. The van der Waals surface area contributed by atoms with Crippen LogP contribution < -0.4 is 0 Å². The number of Topliss-reactive ketones (excluding diaryl/α,β-unsaturated/α-hetero) is 1. The molecule has 21 heavy (non-hydrogen) atoms. The molecule has 1 heterocycles. The van der Waals surface area contributed by atoms with E-state index in [0.29, 0.717) is 11.8 Å². The molecule has 0 spiro atoms. The summed E-state index contributed by atoms with van der Waals surface area (Å²) >= 11 is 5.86. The van der Waals surface area contributed by atoms with E-state index < -0.39 is 0 Å². The Kier molecular flexibility index (Phi) is 4.60. The fraction of sp³-hybridized carbons (Fsp3) is 0.588. The zero-order valence-electron chi connectivity index (χ0n) is 12.2. The lowest BCUT2D eigenvalue weighted by molar-refractivity contribution is -0.126. The van der Waals surface area contributed by atoms with Crippen molar-refractivity contribution in [2.45, 2.75) is 51.1 Å². The van der Waals surface area contributed by atoms with Crippen LogP contribution in [0, 0.1) is 11.7 Å². The van der Waals surface area contributed by atoms with Gasteiger partial charge in [0.05, 0.1) is 5.02 Å². The molecule has 1 aromatic carbocycles. The van der Waals surface area contributed by atoms with E-state index in [1.54, 1.807) is 12.1 Å². The number of ketones is 1. The SMILES string of the molecule is O=C1CCCCC1C1CCCN1Cc1ccc(F)c(Cl)c1. The lowest BCUT2D eigenvalue weighted by atomic mass is 9.82. The molecule has 114 valence electrons. The smallest absolute Gasteiger partial charge is 0.141 e. The quantitative estimate of drug-likeness (QED) is 0.834. The second-order valence-electron chi connectivity index (χ2n) is 6.25. The monoisotopic (exact) mass is 309 g/mol. The van der Waals surface area contributed by atoms with Crippen LogP contribution in [0.1, 0.15) is 44.1 Å². The Labute approximate surface area is 130 Å². The number of halogens is 2. The van der Waals surface area contributed by atoms with Crippen molar-refractivity contribution >= 4 is 17.4 Å². The number of nitrogens with zero attached hydrogens (tertiary/aromatic N) is 1. The highest BCUT2D eigenvalue weighted by atomic mass is 35.5. The summed E-state index contributed by atoms with van der Waals surface area (Å²) < 4.78 is 13.2. The summed E-state index contributed by atoms with van der Waals surface area (Å²) in [7, 11) is 0. The third-order valence-corrected chi connectivity index (χ3v) is 5.14. The normalized spacial score (nSPS) is 27.2. The van der Waals surface area contributed by atoms with Crippen LogP contribution in [0.2, 0.25) is 5.02 Å². The minimum Gasteiger partial charge on any atom is -0.299 e. The fourth-order valence-electron chi connectivity index (χ4n) is 3.79. The molecule has 0 amide bonds. The maximum Gasteiger partial charge on any atom is 0.141 e. The van der Waals surface area contributed by atoms with E-state index >= 15 is 0 Å². The molecule has 3 rings (SSSR count). The molecule has 4 heteroatoms. The first kappa shape index (κ1) is 15.0. The summed E-state index contributed by atoms with van der Waals surface area (Å²) in [6, 6.07) is 5.28. The Balaban J connectivity index is 1.71. The Hall–Kier alpha value is -0.930. The third-order valence-electron chi connectivity index (χ3n) is 4.85. The van der Waals surface area contributed by atoms with Crippen molar-refractivity contribution < 1.29 is 9.18 Å². The minimum absolute atomic E-state index is 0.178. The summed E-state index contributed by atoms with van der Waals surface area (Å²) in [4.78, 5) is 14.6. The number of hydrogen-bond acceptors (Lipinski definition) is 2. The largest absolute Gasteiger partial charge is 0.299 e. The summed E-state index contributed by atoms with van der Waals surface area (Å²) in [5.74, 6) is 0.272. The molecule has 0 radical (unpaired) electrons. The summed E-state index contributed by atoms with van der Waals surface area (Å²) in [6.07, 6.45) is 6.25. The summed E-state index contributed by atoms with van der Waals surface area (Å²) in [5.41, 5.74) is 1.02. The van der Waals surface area contributed by atoms with Gasteiger partial charge >= 0.3 is 0 Å². The molecule has 1 saturated carbocycles. The zero-order chi connectivity index (χ0) is 14.8. The van der Waals surface area contributed by atoms with Gasteiger partial charge in [0.2, 0.25) is 0 Å². The van der Waals surface area contributed by atoms with Gasteiger partial charge < -0.3 is 0 Å². The van der Waals surface area contributed by atoms with E-state index in [4.69, 9.17) is 11.6 Å². The predicted molar refractivity (Wildman–Crippen MR) is 81.8 cm³/mol. The maximum atomic E-state index is 13.2. The van der Waals surface area contributed by atoms with Crippen molar-refractivity contribution in [2.24, 2.45) is 5.92 Å². The van der Waals surface area contributed by atoms with Gasteiger partial charge in [-0.1, -0.05) is 24.1 Å². The van der Waals surface area contributed by atoms with Gasteiger partial charge in [0.15, 0.2) is 0 Å². The van der Waals surface area contributed by atoms with E-state index in [1.807, 2.05) is 0 Å². The Morgan fingerprint density at radius 3 is 2.86 bits per heavy atom. The van der Waals surface area contributed by atoms with Crippen molar-refractivity contribution in [3.05, 3.63) is 34.6 Å². The van der Waals surface area contributed by atoms with Crippen molar-refractivity contribution in [1.29, 1.82) is 0 Å². The molecule has 0 bridgehead atoms. The van der Waals surface area contributed by atoms with E-state index in [-0.39, 0.29) is 16.8 Å². The molecule has 2 aliphatic rings. The molecule has 2 fully saturated rings. The van der Waals surface area contributed by atoms with Crippen LogP contribution in [0.25, 0.3) is 0 Å². The standard InChI is InChI=1S/C17H21ClFNO/c18-14-10-12(7-8-15(14)19)11-20-9-3-5-16(20)13-4-1-2-6-17(13)21/h7-8,10,13,16H,1-6,9,11H2. The van der Waals surface area contributed by atoms with Gasteiger partial charge in [0.25, 0.3) is 0 Å². The highest BCUT2D eigenvalue weighted by Crippen LogP contribution is 2.33. The van der Waals surface area contributed by atoms with Gasteiger partial charge in [0, 0.05) is 24.9 Å². The predicted octanol–water partition coefficient (Wildman–Crippen LogP) is 4.20. The molecular weight excluding hydrogens is 289 g/mol. The molecule has 0 N–H and O–H groups in total. The lowest BCUT2D eigenvalue weighted by Crippen LogP contribution is -2.40. The van der Waals surface area contributed by atoms with Crippen LogP contribution in [0.5, 0.6) is 0 Å². The molecule has 2 atom stereocenters. The maximum absolute atomic E-state index is 13.2. The minimum atomic E-state index is -0.374. The number of carbonyl (C=O) groups is 1. The number of hydrogen-bond donors (Lipinski definition) is 0. The average molecular weight is 310 g/mol. The highest BCUT2D eigenvalue weighted by molar-refractivity contribution is 6.30. The van der Waals surface area contributed by atoms with E-state index in [1.165, 1.54) is 12.5 Å². The molecule has 0 aromatic heterocycles. The van der Waals surface area contributed by atoms with Gasteiger partial charge in [-0.15, -0.1) is 0 Å². The number of rotatable bonds is 3. The molecule has 1 aliphatic heterocycles. The van der Waals surface area contributed by atoms with Gasteiger partial charge in [-0.2, -0.15) is 0 Å². The Morgan fingerprint density at radius 2 is 2.10 bits per heavy atom. The first-order valence-corrected chi connectivity index (χ1v) is 8.23. The van der Waals surface area contributed by atoms with Crippen molar-refractivity contribution in [3.8, 4) is 0 Å². The molecule has 1 aromatic rings. The van der Waals surface area contributed by atoms with Gasteiger partial charge in [-0.25, -0.2) is 4.39 Å². The molecule has 1 saturated heterocycles. The number of benzene rings is 1. The second kappa shape index (κ2) is 6.45. The Morgan fingerprint density at radius 1 is 1.24 bits per heavy atom. The first-order chi connectivity index (χ1) is 10.1. The topological polar surface area (TPSA) is 20.3 Å². The fourth-order valence-corrected chi connectivity index (χ4v) is 4.00. The van der Waals surface area contributed by atoms with Crippen molar-refractivity contribution in [3.63, 3.8) is 0 Å². The van der Waals surface area contributed by atoms with Crippen LogP contribution in [-0.4, -0.2) is 23.3 Å². The van der Waals surface area contributed by atoms with E-state index in [9.17, 15) is 9.18 Å². The van der Waals surface area contributed by atoms with Crippen molar-refractivity contribution in [2.75, 3.05) is 6.54 Å². The molecule has 1 aliphatic carbocycles. The van der Waals surface area contributed by atoms with Crippen molar-refractivity contribution in [1.82, 2.24) is 4.90 Å². The average Bonchev–Trinajstić information content (AvgIpc) is 2.91. The lowest BCUT2D eigenvalue weighted by Gasteiger charge is -2.33. The van der Waals surface area contributed by atoms with Gasteiger partial charge in [-0.05, 0) is 49.9 Å². The number of carbonyl (C=O) groups excluding carboxylic acids is 1. The van der Waals surface area contributed by atoms with Gasteiger partial charge in [0.1, 0.15) is 11.6 Å². The van der Waals surface area contributed by atoms with Crippen LogP contribution in [-0.2, 0) is 11.3 Å². The van der Waals surface area contributed by atoms with E-state index in [2.05, 4.69) is 4.90 Å². The summed E-state index contributed by atoms with van der Waals surface area (Å²) in [5, 5.41) is 0.178. The first-order valence-electron chi connectivity index (χ1n) is 7.86. The van der Waals surface area contributed by atoms with Crippen LogP contribution in [0.3, 0.4) is 0 Å². The zero-order valence-corrected chi connectivity index (χ0v) is 12.9. The number of likely N-dealkylation sites (tertiary alicyclic amines) is 1. The van der Waals surface area contributed by atoms with Gasteiger partial charge in [-0.3, -0.25) is 9.69 Å². The molecular formula is C17H21ClFNO. The summed E-state index contributed by atoms with van der Waals surface area (Å²) in [6.45, 7) is 1.78. The molecule has 2 unspecified atom stereocenters. The van der Waals surface area contributed by atoms with Crippen LogP contribution in [0.15, 0.2) is 18.2 Å².